The van der Waals surface area contributed by atoms with Crippen LogP contribution in [0, 0.1) is 5.92 Å². The predicted molar refractivity (Wildman–Crippen MR) is 149 cm³/mol. The van der Waals surface area contributed by atoms with E-state index in [4.69, 9.17) is 18.9 Å². The molecule has 2 heterocycles. The number of nitrogens with zero attached hydrogens (tertiary/aromatic N) is 2. The Morgan fingerprint density at radius 2 is 1.17 bits per heavy atom. The van der Waals surface area contributed by atoms with Gasteiger partial charge in [0.2, 0.25) is 17.7 Å². The highest BCUT2D eigenvalue weighted by molar-refractivity contribution is 6.03. The second-order valence-electron chi connectivity index (χ2n) is 6.92. The van der Waals surface area contributed by atoms with Crippen molar-refractivity contribution in [2.24, 2.45) is 5.92 Å². The molecule has 220 valence electrons. The van der Waals surface area contributed by atoms with Crippen LogP contribution in [0.25, 0.3) is 0 Å². The fraction of sp³-hybridized carbons (Fsp3) is 0.889. The molecule has 0 saturated carbocycles. The van der Waals surface area contributed by atoms with Crippen LogP contribution in [0.5, 0.6) is 0 Å². The average Bonchev–Trinajstić information content (AvgIpc) is 3.01. The number of imide groups is 1. The molecule has 1 unspecified atom stereocenters. The van der Waals surface area contributed by atoms with Crippen molar-refractivity contribution in [2.75, 3.05) is 72.5 Å². The lowest BCUT2D eigenvalue weighted by atomic mass is 10.1. The van der Waals surface area contributed by atoms with Crippen molar-refractivity contribution >= 4 is 17.7 Å². The number of carbonyl (C=O) groups is 3. The Morgan fingerprint density at radius 3 is 1.53 bits per heavy atom. The van der Waals surface area contributed by atoms with Crippen LogP contribution in [-0.4, -0.2) is 100 Å². The molecule has 2 aliphatic rings. The SMILES string of the molecule is C.C.C.C.CC.CC.CC1CC(=O)N(CCOCCOCCOCCOCCC(=O)N2CCC2)C1=O. The van der Waals surface area contributed by atoms with Gasteiger partial charge >= 0.3 is 0 Å². The third kappa shape index (κ3) is 18.7. The summed E-state index contributed by atoms with van der Waals surface area (Å²) in [7, 11) is 0. The fourth-order valence-corrected chi connectivity index (χ4v) is 2.88. The normalized spacial score (nSPS) is 15.4. The molecule has 36 heavy (non-hydrogen) atoms. The van der Waals surface area contributed by atoms with E-state index in [1.165, 1.54) is 4.90 Å². The quantitative estimate of drug-likeness (QED) is 0.227. The lowest BCUT2D eigenvalue weighted by molar-refractivity contribution is -0.140. The van der Waals surface area contributed by atoms with E-state index in [2.05, 4.69) is 0 Å². The minimum absolute atomic E-state index is 0. The van der Waals surface area contributed by atoms with Gasteiger partial charge in [-0.1, -0.05) is 64.3 Å². The number of likely N-dealkylation sites (tertiary alicyclic amines) is 2. The first-order valence-corrected chi connectivity index (χ1v) is 12.0. The smallest absolute Gasteiger partial charge is 0.232 e. The Balaban J connectivity index is -0.000000381. The first kappa shape index (κ1) is 44.4. The largest absolute Gasteiger partial charge is 0.379 e. The lowest BCUT2D eigenvalue weighted by Crippen LogP contribution is -2.42. The number of hydrogen-bond acceptors (Lipinski definition) is 7. The molecule has 0 aromatic carbocycles. The number of ether oxygens (including phenoxy) is 4. The van der Waals surface area contributed by atoms with Gasteiger partial charge in [0, 0.05) is 25.4 Å². The van der Waals surface area contributed by atoms with Crippen LogP contribution >= 0.6 is 0 Å². The van der Waals surface area contributed by atoms with Gasteiger partial charge in [-0.2, -0.15) is 0 Å². The molecule has 2 aliphatic heterocycles. The van der Waals surface area contributed by atoms with Crippen LogP contribution < -0.4 is 0 Å². The zero-order valence-corrected chi connectivity index (χ0v) is 20.7. The van der Waals surface area contributed by atoms with Crippen molar-refractivity contribution in [1.29, 1.82) is 0 Å². The third-order valence-corrected chi connectivity index (χ3v) is 4.71. The van der Waals surface area contributed by atoms with E-state index in [1.54, 1.807) is 6.92 Å². The second kappa shape index (κ2) is 29.7. The molecule has 3 amide bonds. The molecule has 0 aliphatic carbocycles. The molecular formula is C27H60N2O7. The molecule has 0 bridgehead atoms. The number of amides is 3. The highest BCUT2D eigenvalue weighted by atomic mass is 16.6. The van der Waals surface area contributed by atoms with E-state index in [9.17, 15) is 14.4 Å². The van der Waals surface area contributed by atoms with Gasteiger partial charge < -0.3 is 23.8 Å². The van der Waals surface area contributed by atoms with Crippen molar-refractivity contribution in [2.45, 2.75) is 83.6 Å². The van der Waals surface area contributed by atoms with E-state index in [1.807, 2.05) is 32.6 Å². The highest BCUT2D eigenvalue weighted by Gasteiger charge is 2.34. The topological polar surface area (TPSA) is 94.6 Å². The number of rotatable bonds is 15. The van der Waals surface area contributed by atoms with Crippen molar-refractivity contribution in [1.82, 2.24) is 9.80 Å². The summed E-state index contributed by atoms with van der Waals surface area (Å²) in [6, 6.07) is 0. The van der Waals surface area contributed by atoms with E-state index in [-0.39, 0.29) is 53.3 Å². The molecule has 2 fully saturated rings. The zero-order valence-electron chi connectivity index (χ0n) is 20.7. The molecule has 9 heteroatoms. The maximum absolute atomic E-state index is 11.7. The maximum atomic E-state index is 11.7. The Hall–Kier alpha value is -1.55. The Bertz CT molecular complexity index is 514. The zero-order chi connectivity index (χ0) is 24.2. The molecular weight excluding hydrogens is 464 g/mol. The molecule has 0 aromatic rings. The van der Waals surface area contributed by atoms with Crippen LogP contribution in [0.3, 0.4) is 0 Å². The minimum atomic E-state index is -0.214. The molecule has 1 atom stereocenters. The monoisotopic (exact) mass is 524 g/mol. The van der Waals surface area contributed by atoms with E-state index in [0.717, 1.165) is 19.5 Å². The standard InChI is InChI=1S/C19H32N2O7.2C2H6.4CH4/c1-16-15-18(23)21(19(16)24)6-8-26-10-12-28-14-13-27-11-9-25-7-3-17(22)20-4-2-5-20;2*1-2;;;;/h16H,2-15H2,1H3;2*1-2H3;4*1H4. The van der Waals surface area contributed by atoms with Crippen LogP contribution in [0.1, 0.15) is 83.6 Å². The molecule has 0 N–H and O–H groups in total. The highest BCUT2D eigenvalue weighted by Crippen LogP contribution is 2.17. The van der Waals surface area contributed by atoms with Crippen molar-refractivity contribution in [3.8, 4) is 0 Å². The fourth-order valence-electron chi connectivity index (χ4n) is 2.88. The number of hydrogen-bond donors (Lipinski definition) is 0. The number of carbonyl (C=O) groups excluding carboxylic acids is 3. The third-order valence-electron chi connectivity index (χ3n) is 4.71. The van der Waals surface area contributed by atoms with Crippen molar-refractivity contribution < 1.29 is 33.3 Å². The van der Waals surface area contributed by atoms with E-state index < -0.39 is 0 Å². The van der Waals surface area contributed by atoms with Gasteiger partial charge in [0.05, 0.1) is 65.8 Å². The van der Waals surface area contributed by atoms with Crippen LogP contribution in [0.2, 0.25) is 0 Å². The predicted octanol–water partition coefficient (Wildman–Crippen LogP) is 4.67. The summed E-state index contributed by atoms with van der Waals surface area (Å²) in [5.41, 5.74) is 0. The van der Waals surface area contributed by atoms with E-state index in [0.29, 0.717) is 72.2 Å². The Labute approximate surface area is 223 Å². The van der Waals surface area contributed by atoms with Gasteiger partial charge in [-0.05, 0) is 6.42 Å². The summed E-state index contributed by atoms with van der Waals surface area (Å²) < 4.78 is 21.5. The van der Waals surface area contributed by atoms with Gasteiger partial charge in [-0.15, -0.1) is 0 Å². The first-order chi connectivity index (χ1) is 15.6. The molecule has 0 aromatic heterocycles. The molecule has 0 radical (unpaired) electrons. The summed E-state index contributed by atoms with van der Waals surface area (Å²) in [5, 5.41) is 0. The van der Waals surface area contributed by atoms with Gasteiger partial charge in [0.15, 0.2) is 0 Å². The van der Waals surface area contributed by atoms with Crippen LogP contribution in [0.4, 0.5) is 0 Å². The molecule has 2 saturated heterocycles. The van der Waals surface area contributed by atoms with Crippen molar-refractivity contribution in [3.63, 3.8) is 0 Å². The summed E-state index contributed by atoms with van der Waals surface area (Å²) in [6.07, 6.45) is 1.83. The molecule has 9 nitrogen and oxygen atoms in total. The van der Waals surface area contributed by atoms with Crippen LogP contribution in [-0.2, 0) is 33.3 Å². The van der Waals surface area contributed by atoms with Gasteiger partial charge in [-0.3, -0.25) is 19.3 Å². The average molecular weight is 525 g/mol. The summed E-state index contributed by atoms with van der Waals surface area (Å²) >= 11 is 0. The molecule has 2 rings (SSSR count). The maximum Gasteiger partial charge on any atom is 0.232 e. The first-order valence-electron chi connectivity index (χ1n) is 12.0. The van der Waals surface area contributed by atoms with Crippen LogP contribution in [0.15, 0.2) is 0 Å². The summed E-state index contributed by atoms with van der Waals surface area (Å²) in [5.74, 6) is -0.292. The summed E-state index contributed by atoms with van der Waals surface area (Å²) in [6.45, 7) is 15.2. The van der Waals surface area contributed by atoms with Gasteiger partial charge in [0.1, 0.15) is 0 Å². The lowest BCUT2D eigenvalue weighted by Gasteiger charge is -2.30. The van der Waals surface area contributed by atoms with E-state index >= 15 is 0 Å². The Kier molecular flexibility index (Phi) is 36.6. The van der Waals surface area contributed by atoms with Gasteiger partial charge in [-0.25, -0.2) is 0 Å². The minimum Gasteiger partial charge on any atom is -0.379 e. The second-order valence-corrected chi connectivity index (χ2v) is 6.92. The molecule has 0 spiro atoms. The van der Waals surface area contributed by atoms with Gasteiger partial charge in [0.25, 0.3) is 0 Å². The summed E-state index contributed by atoms with van der Waals surface area (Å²) in [4.78, 5) is 38.0. The van der Waals surface area contributed by atoms with Crippen molar-refractivity contribution in [3.05, 3.63) is 0 Å². The Morgan fingerprint density at radius 1 is 0.750 bits per heavy atom.